The maximum atomic E-state index is 12.5. The molecule has 9 heteroatoms. The van der Waals surface area contributed by atoms with Gasteiger partial charge in [-0.15, -0.1) is 0 Å². The molecule has 1 heterocycles. The lowest BCUT2D eigenvalue weighted by Crippen LogP contribution is -2.24. The van der Waals surface area contributed by atoms with Gasteiger partial charge in [-0.05, 0) is 60.5 Å². The molecule has 32 heavy (non-hydrogen) atoms. The molecule has 0 saturated carbocycles. The SMILES string of the molecule is CCOC(=O)Oc1ccc(/C(=C/CNS(=O)(=O)c2ccc(Cl)cc2)c2cccnc2)cc1. The Labute approximate surface area is 191 Å². The Morgan fingerprint density at radius 1 is 1.06 bits per heavy atom. The molecule has 0 unspecified atom stereocenters. The molecule has 1 aromatic heterocycles. The van der Waals surface area contributed by atoms with Crippen LogP contribution in [0.2, 0.25) is 5.02 Å². The lowest BCUT2D eigenvalue weighted by molar-refractivity contribution is 0.104. The molecular weight excluding hydrogens is 452 g/mol. The van der Waals surface area contributed by atoms with Crippen LogP contribution in [0.4, 0.5) is 4.79 Å². The fourth-order valence-electron chi connectivity index (χ4n) is 2.82. The predicted molar refractivity (Wildman–Crippen MR) is 122 cm³/mol. The molecule has 0 radical (unpaired) electrons. The van der Waals surface area contributed by atoms with Gasteiger partial charge >= 0.3 is 6.16 Å². The Hall–Kier alpha value is -3.20. The number of benzene rings is 2. The van der Waals surface area contributed by atoms with Gasteiger partial charge in [0, 0.05) is 29.5 Å². The largest absolute Gasteiger partial charge is 0.513 e. The molecule has 7 nitrogen and oxygen atoms in total. The Kier molecular flexibility index (Phi) is 7.99. The van der Waals surface area contributed by atoms with Crippen molar-refractivity contribution in [1.82, 2.24) is 9.71 Å². The van der Waals surface area contributed by atoms with Gasteiger partial charge in [0.2, 0.25) is 10.0 Å². The molecule has 0 fully saturated rings. The van der Waals surface area contributed by atoms with E-state index >= 15 is 0 Å². The van der Waals surface area contributed by atoms with Crippen LogP contribution in [-0.2, 0) is 14.8 Å². The number of pyridine rings is 1. The van der Waals surface area contributed by atoms with Gasteiger partial charge in [0.1, 0.15) is 5.75 Å². The van der Waals surface area contributed by atoms with Crippen LogP contribution in [0.25, 0.3) is 5.57 Å². The Bertz CT molecular complexity index is 1180. The van der Waals surface area contributed by atoms with Gasteiger partial charge in [-0.2, -0.15) is 0 Å². The van der Waals surface area contributed by atoms with E-state index in [1.54, 1.807) is 55.7 Å². The smallest absolute Gasteiger partial charge is 0.434 e. The van der Waals surface area contributed by atoms with Crippen LogP contribution in [0.15, 0.2) is 84.0 Å². The van der Waals surface area contributed by atoms with Crippen molar-refractivity contribution in [2.24, 2.45) is 0 Å². The standard InChI is InChI=1S/C23H21ClN2O5S/c1-2-30-23(27)31-20-9-5-17(6-10-20)22(18-4-3-14-25-16-18)13-15-26-32(28,29)21-11-7-19(24)8-12-21/h3-14,16,26H,2,15H2,1H3/b22-13-. The Balaban J connectivity index is 1.81. The third kappa shape index (κ3) is 6.40. The van der Waals surface area contributed by atoms with Crippen LogP contribution in [0, 0.1) is 0 Å². The summed E-state index contributed by atoms with van der Waals surface area (Å²) in [4.78, 5) is 15.8. The zero-order valence-corrected chi connectivity index (χ0v) is 18.8. The Morgan fingerprint density at radius 2 is 1.78 bits per heavy atom. The van der Waals surface area contributed by atoms with Gasteiger partial charge in [0.05, 0.1) is 11.5 Å². The van der Waals surface area contributed by atoms with Gasteiger partial charge in [-0.1, -0.05) is 35.9 Å². The number of carbonyl (C=O) groups excluding carboxylic acids is 1. The van der Waals surface area contributed by atoms with Crippen molar-refractivity contribution < 1.29 is 22.7 Å². The number of aromatic nitrogens is 1. The molecule has 0 aliphatic carbocycles. The molecule has 3 rings (SSSR count). The van der Waals surface area contributed by atoms with Crippen LogP contribution in [0.3, 0.4) is 0 Å². The zero-order valence-electron chi connectivity index (χ0n) is 17.2. The molecule has 0 spiro atoms. The fourth-order valence-corrected chi connectivity index (χ4v) is 3.91. The van der Waals surface area contributed by atoms with E-state index in [1.165, 1.54) is 24.3 Å². The number of nitrogens with one attached hydrogen (secondary N) is 1. The van der Waals surface area contributed by atoms with Crippen molar-refractivity contribution in [2.45, 2.75) is 11.8 Å². The summed E-state index contributed by atoms with van der Waals surface area (Å²) in [7, 11) is -3.70. The lowest BCUT2D eigenvalue weighted by atomic mass is 9.99. The minimum atomic E-state index is -3.70. The average molecular weight is 473 g/mol. The first kappa shape index (κ1) is 23.5. The summed E-state index contributed by atoms with van der Waals surface area (Å²) in [5.74, 6) is 0.334. The summed E-state index contributed by atoms with van der Waals surface area (Å²) in [5, 5.41) is 0.457. The van der Waals surface area contributed by atoms with Crippen LogP contribution >= 0.6 is 11.6 Å². The topological polar surface area (TPSA) is 94.6 Å². The van der Waals surface area contributed by atoms with E-state index < -0.39 is 16.2 Å². The second-order valence-corrected chi connectivity index (χ2v) is 8.68. The molecule has 0 atom stereocenters. The van der Waals surface area contributed by atoms with Crippen LogP contribution < -0.4 is 9.46 Å². The first-order valence-electron chi connectivity index (χ1n) is 9.70. The van der Waals surface area contributed by atoms with E-state index in [9.17, 15) is 13.2 Å². The monoisotopic (exact) mass is 472 g/mol. The molecule has 1 N–H and O–H groups in total. The van der Waals surface area contributed by atoms with Gasteiger partial charge in [0.15, 0.2) is 0 Å². The Morgan fingerprint density at radius 3 is 2.41 bits per heavy atom. The number of halogens is 1. The van der Waals surface area contributed by atoms with E-state index in [0.29, 0.717) is 10.8 Å². The van der Waals surface area contributed by atoms with Gasteiger partial charge in [-0.25, -0.2) is 17.9 Å². The van der Waals surface area contributed by atoms with E-state index in [0.717, 1.165) is 16.7 Å². The van der Waals surface area contributed by atoms with Crippen molar-refractivity contribution in [3.63, 3.8) is 0 Å². The highest BCUT2D eigenvalue weighted by atomic mass is 35.5. The highest BCUT2D eigenvalue weighted by molar-refractivity contribution is 7.89. The molecule has 0 aliphatic rings. The zero-order chi connectivity index (χ0) is 23.0. The highest BCUT2D eigenvalue weighted by Crippen LogP contribution is 2.25. The lowest BCUT2D eigenvalue weighted by Gasteiger charge is -2.11. The molecule has 0 bridgehead atoms. The first-order valence-corrected chi connectivity index (χ1v) is 11.6. The first-order chi connectivity index (χ1) is 15.4. The van der Waals surface area contributed by atoms with E-state index in [-0.39, 0.29) is 18.0 Å². The minimum Gasteiger partial charge on any atom is -0.434 e. The molecule has 0 aliphatic heterocycles. The second kappa shape index (κ2) is 10.9. The van der Waals surface area contributed by atoms with Crippen molar-refractivity contribution in [3.05, 3.63) is 95.3 Å². The van der Waals surface area contributed by atoms with Crippen molar-refractivity contribution >= 4 is 33.4 Å². The average Bonchev–Trinajstić information content (AvgIpc) is 2.78. The maximum Gasteiger partial charge on any atom is 0.513 e. The van der Waals surface area contributed by atoms with Gasteiger partial charge < -0.3 is 9.47 Å². The predicted octanol–water partition coefficient (Wildman–Crippen LogP) is 4.68. The van der Waals surface area contributed by atoms with Crippen molar-refractivity contribution in [1.29, 1.82) is 0 Å². The van der Waals surface area contributed by atoms with Gasteiger partial charge in [0.25, 0.3) is 0 Å². The van der Waals surface area contributed by atoms with E-state index in [2.05, 4.69) is 9.71 Å². The summed E-state index contributed by atoms with van der Waals surface area (Å²) in [6.07, 6.45) is 4.31. The number of hydrogen-bond acceptors (Lipinski definition) is 6. The number of sulfonamides is 1. The molecule has 0 saturated heterocycles. The van der Waals surface area contributed by atoms with Gasteiger partial charge in [-0.3, -0.25) is 4.98 Å². The molecule has 3 aromatic rings. The summed E-state index contributed by atoms with van der Waals surface area (Å²) in [6.45, 7) is 1.96. The summed E-state index contributed by atoms with van der Waals surface area (Å²) in [5.41, 5.74) is 2.36. The van der Waals surface area contributed by atoms with Crippen LogP contribution in [0.5, 0.6) is 5.75 Å². The fraction of sp³-hybridized carbons (Fsp3) is 0.130. The normalized spacial score (nSPS) is 11.8. The highest BCUT2D eigenvalue weighted by Gasteiger charge is 2.13. The summed E-state index contributed by atoms with van der Waals surface area (Å²) in [6, 6.07) is 16.4. The molecule has 0 amide bonds. The van der Waals surface area contributed by atoms with E-state index in [4.69, 9.17) is 21.1 Å². The summed E-state index contributed by atoms with van der Waals surface area (Å²) >= 11 is 5.83. The minimum absolute atomic E-state index is 0.0518. The number of rotatable bonds is 8. The van der Waals surface area contributed by atoms with Crippen LogP contribution in [-0.4, -0.2) is 32.7 Å². The number of hydrogen-bond donors (Lipinski definition) is 1. The third-order valence-electron chi connectivity index (χ3n) is 4.30. The number of nitrogens with zero attached hydrogens (tertiary/aromatic N) is 1. The molecular formula is C23H21ClN2O5S. The third-order valence-corrected chi connectivity index (χ3v) is 6.00. The number of ether oxygens (including phenoxy) is 2. The second-order valence-electron chi connectivity index (χ2n) is 6.47. The van der Waals surface area contributed by atoms with E-state index in [1.807, 2.05) is 6.07 Å². The maximum absolute atomic E-state index is 12.5. The number of carbonyl (C=O) groups is 1. The van der Waals surface area contributed by atoms with Crippen molar-refractivity contribution in [2.75, 3.05) is 13.2 Å². The quantitative estimate of drug-likeness (QED) is 0.378. The molecule has 166 valence electrons. The van der Waals surface area contributed by atoms with Crippen molar-refractivity contribution in [3.8, 4) is 5.75 Å². The summed E-state index contributed by atoms with van der Waals surface area (Å²) < 4.78 is 37.5. The van der Waals surface area contributed by atoms with Crippen LogP contribution in [0.1, 0.15) is 18.1 Å². The molecule has 2 aromatic carbocycles.